The fourth-order valence-electron chi connectivity index (χ4n) is 0.948. The first-order valence-corrected chi connectivity index (χ1v) is 5.32. The summed E-state index contributed by atoms with van der Waals surface area (Å²) in [6, 6.07) is 0. The van der Waals surface area contributed by atoms with Gasteiger partial charge in [0.15, 0.2) is 5.90 Å². The molecule has 0 N–H and O–H groups in total. The molecular formula is C8H14INO. The highest BCUT2D eigenvalue weighted by atomic mass is 127. The maximum atomic E-state index is 5.62. The molecule has 0 aliphatic carbocycles. The van der Waals surface area contributed by atoms with Gasteiger partial charge in [0.1, 0.15) is 6.10 Å². The van der Waals surface area contributed by atoms with E-state index in [0.29, 0.717) is 0 Å². The molecule has 0 aromatic rings. The predicted octanol–water partition coefficient (Wildman–Crippen LogP) is 2.26. The Kier molecular flexibility index (Phi) is 2.78. The van der Waals surface area contributed by atoms with E-state index in [1.54, 1.807) is 0 Å². The SMILES string of the molecule is CC(C)(C)C1CN=C(CI)O1. The van der Waals surface area contributed by atoms with Crippen LogP contribution in [0.5, 0.6) is 0 Å². The molecule has 0 spiro atoms. The van der Waals surface area contributed by atoms with Crippen molar-refractivity contribution in [3.05, 3.63) is 0 Å². The third-order valence-electron chi connectivity index (χ3n) is 1.79. The molecule has 3 heteroatoms. The summed E-state index contributed by atoms with van der Waals surface area (Å²) in [4.78, 5) is 4.29. The number of ether oxygens (including phenoxy) is 1. The van der Waals surface area contributed by atoms with E-state index in [1.807, 2.05) is 0 Å². The van der Waals surface area contributed by atoms with Gasteiger partial charge in [-0.2, -0.15) is 0 Å². The van der Waals surface area contributed by atoms with Crippen LogP contribution in [0.3, 0.4) is 0 Å². The van der Waals surface area contributed by atoms with Crippen molar-refractivity contribution in [2.24, 2.45) is 10.4 Å². The number of rotatable bonds is 1. The molecule has 0 amide bonds. The molecule has 0 fully saturated rings. The topological polar surface area (TPSA) is 21.6 Å². The van der Waals surface area contributed by atoms with Crippen LogP contribution in [0.25, 0.3) is 0 Å². The van der Waals surface area contributed by atoms with E-state index in [0.717, 1.165) is 16.9 Å². The summed E-state index contributed by atoms with van der Waals surface area (Å²) in [7, 11) is 0. The molecule has 0 radical (unpaired) electrons. The van der Waals surface area contributed by atoms with Gasteiger partial charge in [0.05, 0.1) is 11.0 Å². The zero-order valence-electron chi connectivity index (χ0n) is 7.22. The predicted molar refractivity (Wildman–Crippen MR) is 55.5 cm³/mol. The summed E-state index contributed by atoms with van der Waals surface area (Å²) < 4.78 is 6.51. The number of hydrogen-bond donors (Lipinski definition) is 0. The standard InChI is InChI=1S/C8H14INO/c1-8(2,3)6-5-10-7(4-9)11-6/h6H,4-5H2,1-3H3. The molecule has 0 saturated heterocycles. The van der Waals surface area contributed by atoms with Crippen molar-refractivity contribution in [1.82, 2.24) is 0 Å². The molecule has 0 aromatic heterocycles. The Morgan fingerprint density at radius 3 is 2.55 bits per heavy atom. The molecule has 1 heterocycles. The molecule has 1 aliphatic rings. The number of nitrogens with zero attached hydrogens (tertiary/aromatic N) is 1. The Labute approximate surface area is 81.6 Å². The van der Waals surface area contributed by atoms with Crippen molar-refractivity contribution in [2.75, 3.05) is 11.0 Å². The van der Waals surface area contributed by atoms with E-state index in [4.69, 9.17) is 4.74 Å². The summed E-state index contributed by atoms with van der Waals surface area (Å²) in [5.74, 6) is 0.908. The Morgan fingerprint density at radius 2 is 2.27 bits per heavy atom. The lowest BCUT2D eigenvalue weighted by Gasteiger charge is -2.25. The maximum Gasteiger partial charge on any atom is 0.193 e. The lowest BCUT2D eigenvalue weighted by molar-refractivity contribution is 0.102. The monoisotopic (exact) mass is 267 g/mol. The van der Waals surface area contributed by atoms with Crippen LogP contribution in [0, 0.1) is 5.41 Å². The first-order valence-electron chi connectivity index (χ1n) is 3.80. The van der Waals surface area contributed by atoms with Gasteiger partial charge in [-0.1, -0.05) is 43.4 Å². The quantitative estimate of drug-likeness (QED) is 0.527. The van der Waals surface area contributed by atoms with Crippen LogP contribution >= 0.6 is 22.6 Å². The minimum absolute atomic E-state index is 0.219. The summed E-state index contributed by atoms with van der Waals surface area (Å²) in [6.45, 7) is 7.39. The van der Waals surface area contributed by atoms with Crippen molar-refractivity contribution >= 4 is 28.5 Å². The smallest absolute Gasteiger partial charge is 0.193 e. The molecule has 1 atom stereocenters. The second-order valence-corrected chi connectivity index (χ2v) is 4.60. The van der Waals surface area contributed by atoms with Gasteiger partial charge in [-0.05, 0) is 0 Å². The van der Waals surface area contributed by atoms with Crippen molar-refractivity contribution in [1.29, 1.82) is 0 Å². The van der Waals surface area contributed by atoms with Crippen LogP contribution in [0.2, 0.25) is 0 Å². The average molecular weight is 267 g/mol. The van der Waals surface area contributed by atoms with Crippen LogP contribution in [-0.4, -0.2) is 23.0 Å². The van der Waals surface area contributed by atoms with Gasteiger partial charge in [0.25, 0.3) is 0 Å². The summed E-state index contributed by atoms with van der Waals surface area (Å²) >= 11 is 2.27. The molecule has 2 nitrogen and oxygen atoms in total. The van der Waals surface area contributed by atoms with Crippen LogP contribution in [0.4, 0.5) is 0 Å². The molecule has 1 rings (SSSR count). The Balaban J connectivity index is 2.48. The van der Waals surface area contributed by atoms with Crippen LogP contribution in [0.15, 0.2) is 4.99 Å². The molecule has 11 heavy (non-hydrogen) atoms. The van der Waals surface area contributed by atoms with Crippen LogP contribution < -0.4 is 0 Å². The van der Waals surface area contributed by atoms with Crippen molar-refractivity contribution in [3.8, 4) is 0 Å². The fourth-order valence-corrected chi connectivity index (χ4v) is 1.37. The third kappa shape index (κ3) is 2.32. The Morgan fingerprint density at radius 1 is 1.64 bits per heavy atom. The van der Waals surface area contributed by atoms with E-state index in [-0.39, 0.29) is 11.5 Å². The van der Waals surface area contributed by atoms with Gasteiger partial charge in [0, 0.05) is 5.41 Å². The van der Waals surface area contributed by atoms with Crippen LogP contribution in [-0.2, 0) is 4.74 Å². The third-order valence-corrected chi connectivity index (χ3v) is 2.44. The first-order chi connectivity index (χ1) is 5.04. The normalized spacial score (nSPS) is 24.7. The van der Waals surface area contributed by atoms with Crippen molar-refractivity contribution < 1.29 is 4.74 Å². The average Bonchev–Trinajstić information content (AvgIpc) is 2.32. The van der Waals surface area contributed by atoms with E-state index >= 15 is 0 Å². The van der Waals surface area contributed by atoms with Gasteiger partial charge in [-0.15, -0.1) is 0 Å². The molecule has 1 aliphatic heterocycles. The molecule has 0 aromatic carbocycles. The summed E-state index contributed by atoms with van der Waals surface area (Å²) in [5.41, 5.74) is 0.219. The minimum atomic E-state index is 0.219. The molecule has 1 unspecified atom stereocenters. The molecule has 0 bridgehead atoms. The Bertz CT molecular complexity index is 171. The van der Waals surface area contributed by atoms with Crippen LogP contribution in [0.1, 0.15) is 20.8 Å². The van der Waals surface area contributed by atoms with Gasteiger partial charge < -0.3 is 4.74 Å². The second kappa shape index (κ2) is 3.29. The first kappa shape index (κ1) is 9.29. The number of halogens is 1. The zero-order chi connectivity index (χ0) is 8.48. The van der Waals surface area contributed by atoms with Crippen molar-refractivity contribution in [3.63, 3.8) is 0 Å². The highest BCUT2D eigenvalue weighted by Gasteiger charge is 2.30. The van der Waals surface area contributed by atoms with E-state index in [2.05, 4.69) is 48.4 Å². The highest BCUT2D eigenvalue weighted by molar-refractivity contribution is 14.1. The molecular weight excluding hydrogens is 253 g/mol. The second-order valence-electron chi connectivity index (χ2n) is 3.84. The van der Waals surface area contributed by atoms with Gasteiger partial charge in [-0.25, -0.2) is 0 Å². The number of aliphatic imine (C=N–C) groups is 1. The maximum absolute atomic E-state index is 5.62. The minimum Gasteiger partial charge on any atom is -0.475 e. The largest absolute Gasteiger partial charge is 0.475 e. The van der Waals surface area contributed by atoms with Gasteiger partial charge in [0.2, 0.25) is 0 Å². The van der Waals surface area contributed by atoms with Gasteiger partial charge >= 0.3 is 0 Å². The highest BCUT2D eigenvalue weighted by Crippen LogP contribution is 2.26. The summed E-state index contributed by atoms with van der Waals surface area (Å²) in [5, 5.41) is 0. The zero-order valence-corrected chi connectivity index (χ0v) is 9.38. The van der Waals surface area contributed by atoms with E-state index in [9.17, 15) is 0 Å². The number of alkyl halides is 1. The molecule has 64 valence electrons. The van der Waals surface area contributed by atoms with Gasteiger partial charge in [-0.3, -0.25) is 4.99 Å². The number of hydrogen-bond acceptors (Lipinski definition) is 2. The van der Waals surface area contributed by atoms with E-state index in [1.165, 1.54) is 0 Å². The lowest BCUT2D eigenvalue weighted by atomic mass is 9.89. The molecule has 0 saturated carbocycles. The lowest BCUT2D eigenvalue weighted by Crippen LogP contribution is -2.29. The summed E-state index contributed by atoms with van der Waals surface area (Å²) in [6.07, 6.45) is 0.285. The fraction of sp³-hybridized carbons (Fsp3) is 0.875. The van der Waals surface area contributed by atoms with E-state index < -0.39 is 0 Å². The Hall–Kier alpha value is 0.200. The van der Waals surface area contributed by atoms with Crippen molar-refractivity contribution in [2.45, 2.75) is 26.9 Å².